The van der Waals surface area contributed by atoms with Crippen molar-refractivity contribution in [2.75, 3.05) is 37.0 Å². The van der Waals surface area contributed by atoms with E-state index in [9.17, 15) is 0 Å². The van der Waals surface area contributed by atoms with Crippen LogP contribution in [0.2, 0.25) is 0 Å². The number of methoxy groups -OCH3 is 1. The lowest BCUT2D eigenvalue weighted by atomic mass is 10.1. The highest BCUT2D eigenvalue weighted by molar-refractivity contribution is 5.61. The number of nitrogens with zero attached hydrogens (tertiary/aromatic N) is 4. The van der Waals surface area contributed by atoms with Crippen molar-refractivity contribution in [2.45, 2.75) is 18.9 Å². The Morgan fingerprint density at radius 1 is 1.23 bits per heavy atom. The summed E-state index contributed by atoms with van der Waals surface area (Å²) >= 11 is 0. The first-order valence-electron chi connectivity index (χ1n) is 7.66. The Bertz CT molecular complexity index is 605. The molecule has 2 heterocycles. The Kier molecular flexibility index (Phi) is 4.53. The zero-order chi connectivity index (χ0) is 15.4. The van der Waals surface area contributed by atoms with Gasteiger partial charge in [0.2, 0.25) is 0 Å². The molecule has 1 aromatic heterocycles. The summed E-state index contributed by atoms with van der Waals surface area (Å²) in [6.45, 7) is 1.91. The quantitative estimate of drug-likeness (QED) is 0.868. The molecule has 0 amide bonds. The van der Waals surface area contributed by atoms with Crippen molar-refractivity contribution in [2.24, 2.45) is 0 Å². The first kappa shape index (κ1) is 14.8. The van der Waals surface area contributed by atoms with Crippen molar-refractivity contribution in [3.8, 4) is 0 Å². The average Bonchev–Trinajstić information content (AvgIpc) is 2.62. The molecule has 1 aliphatic rings. The fourth-order valence-corrected chi connectivity index (χ4v) is 2.82. The van der Waals surface area contributed by atoms with Gasteiger partial charge in [0.25, 0.3) is 0 Å². The molecule has 0 aliphatic carbocycles. The van der Waals surface area contributed by atoms with Crippen LogP contribution in [0.5, 0.6) is 0 Å². The third-order valence-corrected chi connectivity index (χ3v) is 4.16. The highest BCUT2D eigenvalue weighted by Crippen LogP contribution is 2.25. The van der Waals surface area contributed by atoms with E-state index in [0.717, 1.165) is 43.3 Å². The Balaban J connectivity index is 1.80. The Hall–Kier alpha value is -2.14. The van der Waals surface area contributed by atoms with Crippen LogP contribution in [0.3, 0.4) is 0 Å². The van der Waals surface area contributed by atoms with Gasteiger partial charge >= 0.3 is 0 Å². The van der Waals surface area contributed by atoms with E-state index in [-0.39, 0.29) is 0 Å². The van der Waals surface area contributed by atoms with Crippen LogP contribution in [0.15, 0.2) is 42.7 Å². The molecule has 1 unspecified atom stereocenters. The SMILES string of the molecule is COC1CCCN(c2cc(N(C)c3ccccc3)ncn2)C1. The molecule has 1 atom stereocenters. The van der Waals surface area contributed by atoms with Gasteiger partial charge in [-0.15, -0.1) is 0 Å². The lowest BCUT2D eigenvalue weighted by Crippen LogP contribution is -2.39. The number of hydrogen-bond acceptors (Lipinski definition) is 5. The molecular formula is C17H22N4O. The third-order valence-electron chi connectivity index (χ3n) is 4.16. The highest BCUT2D eigenvalue weighted by Gasteiger charge is 2.21. The summed E-state index contributed by atoms with van der Waals surface area (Å²) in [5.74, 6) is 1.87. The number of anilines is 3. The topological polar surface area (TPSA) is 41.5 Å². The Morgan fingerprint density at radius 2 is 2.05 bits per heavy atom. The Morgan fingerprint density at radius 3 is 2.82 bits per heavy atom. The van der Waals surface area contributed by atoms with Crippen LogP contribution in [0.1, 0.15) is 12.8 Å². The van der Waals surface area contributed by atoms with Crippen molar-refractivity contribution in [3.05, 3.63) is 42.7 Å². The molecule has 1 aromatic carbocycles. The lowest BCUT2D eigenvalue weighted by molar-refractivity contribution is 0.0891. The van der Waals surface area contributed by atoms with Gasteiger partial charge in [-0.05, 0) is 25.0 Å². The molecule has 0 saturated carbocycles. The average molecular weight is 298 g/mol. The number of para-hydroxylation sites is 1. The second-order valence-corrected chi connectivity index (χ2v) is 5.57. The summed E-state index contributed by atoms with van der Waals surface area (Å²) in [7, 11) is 3.80. The second-order valence-electron chi connectivity index (χ2n) is 5.57. The maximum Gasteiger partial charge on any atom is 0.138 e. The molecule has 0 bridgehead atoms. The van der Waals surface area contributed by atoms with E-state index < -0.39 is 0 Å². The van der Waals surface area contributed by atoms with Crippen LogP contribution >= 0.6 is 0 Å². The third kappa shape index (κ3) is 3.20. The van der Waals surface area contributed by atoms with Crippen molar-refractivity contribution < 1.29 is 4.74 Å². The molecular weight excluding hydrogens is 276 g/mol. The number of ether oxygens (including phenoxy) is 1. The number of hydrogen-bond donors (Lipinski definition) is 0. The van der Waals surface area contributed by atoms with Gasteiger partial charge in [0.05, 0.1) is 6.10 Å². The molecule has 1 aliphatic heterocycles. The molecule has 1 fully saturated rings. The summed E-state index contributed by atoms with van der Waals surface area (Å²) in [6, 6.07) is 12.3. The molecule has 22 heavy (non-hydrogen) atoms. The molecule has 1 saturated heterocycles. The minimum atomic E-state index is 0.291. The molecule has 0 spiro atoms. The molecule has 116 valence electrons. The zero-order valence-corrected chi connectivity index (χ0v) is 13.1. The van der Waals surface area contributed by atoms with Gasteiger partial charge in [-0.2, -0.15) is 0 Å². The number of aromatic nitrogens is 2. The molecule has 2 aromatic rings. The van der Waals surface area contributed by atoms with Crippen molar-refractivity contribution >= 4 is 17.3 Å². The van der Waals surface area contributed by atoms with Crippen LogP contribution in [-0.4, -0.2) is 43.3 Å². The minimum absolute atomic E-state index is 0.291. The van der Waals surface area contributed by atoms with E-state index in [1.165, 1.54) is 0 Å². The van der Waals surface area contributed by atoms with Crippen LogP contribution in [0.25, 0.3) is 0 Å². The smallest absolute Gasteiger partial charge is 0.138 e. The maximum atomic E-state index is 5.49. The minimum Gasteiger partial charge on any atom is -0.380 e. The van der Waals surface area contributed by atoms with Crippen LogP contribution < -0.4 is 9.80 Å². The number of rotatable bonds is 4. The van der Waals surface area contributed by atoms with Gasteiger partial charge in [-0.25, -0.2) is 9.97 Å². The molecule has 5 nitrogen and oxygen atoms in total. The molecule has 0 N–H and O–H groups in total. The second kappa shape index (κ2) is 6.75. The van der Waals surface area contributed by atoms with Crippen LogP contribution in [-0.2, 0) is 4.74 Å². The van der Waals surface area contributed by atoms with Crippen LogP contribution in [0.4, 0.5) is 17.3 Å². The molecule has 0 radical (unpaired) electrons. The van der Waals surface area contributed by atoms with E-state index in [4.69, 9.17) is 4.74 Å². The predicted molar refractivity (Wildman–Crippen MR) is 88.8 cm³/mol. The van der Waals surface area contributed by atoms with Crippen LogP contribution in [0, 0.1) is 0 Å². The lowest BCUT2D eigenvalue weighted by Gasteiger charge is -2.33. The van der Waals surface area contributed by atoms with Crippen molar-refractivity contribution in [3.63, 3.8) is 0 Å². The summed E-state index contributed by atoms with van der Waals surface area (Å²) in [5.41, 5.74) is 1.11. The first-order chi connectivity index (χ1) is 10.8. The predicted octanol–water partition coefficient (Wildman–Crippen LogP) is 2.86. The summed E-state index contributed by atoms with van der Waals surface area (Å²) in [4.78, 5) is 13.2. The highest BCUT2D eigenvalue weighted by atomic mass is 16.5. The van der Waals surface area contributed by atoms with Crippen molar-refractivity contribution in [1.82, 2.24) is 9.97 Å². The van der Waals surface area contributed by atoms with Gasteiger partial charge in [0.1, 0.15) is 18.0 Å². The molecule has 3 rings (SSSR count). The summed E-state index contributed by atoms with van der Waals surface area (Å²) in [5, 5.41) is 0. The summed E-state index contributed by atoms with van der Waals surface area (Å²) in [6.07, 6.45) is 4.18. The van der Waals surface area contributed by atoms with Gasteiger partial charge in [-0.1, -0.05) is 18.2 Å². The van der Waals surface area contributed by atoms with Gasteiger partial charge in [0, 0.05) is 39.0 Å². The van der Waals surface area contributed by atoms with E-state index >= 15 is 0 Å². The number of piperidine rings is 1. The van der Waals surface area contributed by atoms with E-state index in [1.54, 1.807) is 13.4 Å². The fourth-order valence-electron chi connectivity index (χ4n) is 2.82. The van der Waals surface area contributed by atoms with Gasteiger partial charge in [0.15, 0.2) is 0 Å². The van der Waals surface area contributed by atoms with E-state index in [2.05, 4.69) is 31.9 Å². The van der Waals surface area contributed by atoms with E-state index in [1.807, 2.05) is 31.3 Å². The first-order valence-corrected chi connectivity index (χ1v) is 7.66. The fraction of sp³-hybridized carbons (Fsp3) is 0.412. The van der Waals surface area contributed by atoms with Crippen molar-refractivity contribution in [1.29, 1.82) is 0 Å². The maximum absolute atomic E-state index is 5.49. The van der Waals surface area contributed by atoms with E-state index in [0.29, 0.717) is 6.10 Å². The van der Waals surface area contributed by atoms with Gasteiger partial charge in [-0.3, -0.25) is 0 Å². The Labute approximate surface area is 131 Å². The standard InChI is InChI=1S/C17H22N4O/c1-20(14-7-4-3-5-8-14)16-11-17(19-13-18-16)21-10-6-9-15(12-21)22-2/h3-5,7-8,11,13,15H,6,9-10,12H2,1-2H3. The largest absolute Gasteiger partial charge is 0.380 e. The summed E-state index contributed by atoms with van der Waals surface area (Å²) < 4.78 is 5.49. The monoisotopic (exact) mass is 298 g/mol. The molecule has 5 heteroatoms. The van der Waals surface area contributed by atoms with Gasteiger partial charge < -0.3 is 14.5 Å². The normalized spacial score (nSPS) is 18.3. The zero-order valence-electron chi connectivity index (χ0n) is 13.1. The number of benzene rings is 1.